The van der Waals surface area contributed by atoms with Gasteiger partial charge in [0.05, 0.1) is 5.02 Å². The van der Waals surface area contributed by atoms with Gasteiger partial charge >= 0.3 is 0 Å². The molecule has 1 rings (SSSR count). The van der Waals surface area contributed by atoms with Crippen molar-refractivity contribution in [2.45, 2.75) is 40.2 Å². The zero-order chi connectivity index (χ0) is 13.8. The maximum atomic E-state index is 13.5. The smallest absolute Gasteiger partial charge is 0.220 e. The summed E-state index contributed by atoms with van der Waals surface area (Å²) in [5.74, 6) is -0.528. The lowest BCUT2D eigenvalue weighted by molar-refractivity contribution is -0.121. The summed E-state index contributed by atoms with van der Waals surface area (Å²) < 4.78 is 13.5. The number of hydrogen-bond acceptors (Lipinski definition) is 1. The molecule has 0 aromatic heterocycles. The molecule has 0 radical (unpaired) electrons. The molecule has 0 saturated carbocycles. The van der Waals surface area contributed by atoms with Crippen LogP contribution < -0.4 is 5.32 Å². The first-order valence-electron chi connectivity index (χ1n) is 5.99. The van der Waals surface area contributed by atoms with Gasteiger partial charge in [0.2, 0.25) is 5.91 Å². The Balaban J connectivity index is 2.46. The molecule has 0 unspecified atom stereocenters. The molecule has 18 heavy (non-hydrogen) atoms. The second-order valence-corrected chi connectivity index (χ2v) is 5.96. The number of nitrogens with one attached hydrogen (secondary N) is 1. The Morgan fingerprint density at radius 3 is 2.67 bits per heavy atom. The molecule has 4 heteroatoms. The third kappa shape index (κ3) is 5.05. The van der Waals surface area contributed by atoms with Crippen molar-refractivity contribution in [1.29, 1.82) is 0 Å². The van der Waals surface area contributed by atoms with E-state index in [2.05, 4.69) is 26.1 Å². The van der Waals surface area contributed by atoms with Gasteiger partial charge in [-0.1, -0.05) is 44.5 Å². The highest BCUT2D eigenvalue weighted by molar-refractivity contribution is 6.30. The molecule has 0 atom stereocenters. The quantitative estimate of drug-likeness (QED) is 0.883. The van der Waals surface area contributed by atoms with Crippen LogP contribution in [0.25, 0.3) is 0 Å². The minimum absolute atomic E-state index is 0.0655. The largest absolute Gasteiger partial charge is 0.352 e. The van der Waals surface area contributed by atoms with Crippen LogP contribution in [0.15, 0.2) is 18.2 Å². The average molecular weight is 272 g/mol. The third-order valence-electron chi connectivity index (χ3n) is 2.61. The summed E-state index contributed by atoms with van der Waals surface area (Å²) in [7, 11) is 0. The van der Waals surface area contributed by atoms with Crippen LogP contribution >= 0.6 is 11.6 Å². The van der Waals surface area contributed by atoms with E-state index < -0.39 is 5.82 Å². The number of carbonyl (C=O) groups is 1. The van der Waals surface area contributed by atoms with Crippen molar-refractivity contribution < 1.29 is 9.18 Å². The Morgan fingerprint density at radius 1 is 1.39 bits per heavy atom. The first-order chi connectivity index (χ1) is 8.29. The number of benzene rings is 1. The van der Waals surface area contributed by atoms with Crippen LogP contribution in [0.3, 0.4) is 0 Å². The van der Waals surface area contributed by atoms with Crippen LogP contribution in [0, 0.1) is 11.2 Å². The van der Waals surface area contributed by atoms with Gasteiger partial charge in [-0.3, -0.25) is 4.79 Å². The summed E-state index contributed by atoms with van der Waals surface area (Å²) in [6.45, 7) is 6.42. The standard InChI is InChI=1S/C14H19ClFNO/c1-14(2,3)8-7-12(18)17-9-10-5-4-6-11(15)13(10)16/h4-6H,7-9H2,1-3H3,(H,17,18). The number of hydrogen-bond donors (Lipinski definition) is 1. The Hall–Kier alpha value is -1.09. The van der Waals surface area contributed by atoms with Crippen molar-refractivity contribution in [2.24, 2.45) is 5.41 Å². The zero-order valence-corrected chi connectivity index (χ0v) is 11.8. The fourth-order valence-corrected chi connectivity index (χ4v) is 1.65. The van der Waals surface area contributed by atoms with E-state index in [1.165, 1.54) is 6.07 Å². The Kier molecular flexibility index (Phi) is 5.15. The van der Waals surface area contributed by atoms with E-state index >= 15 is 0 Å². The van der Waals surface area contributed by atoms with Gasteiger partial charge in [-0.05, 0) is 17.9 Å². The summed E-state index contributed by atoms with van der Waals surface area (Å²) in [5, 5.41) is 2.78. The van der Waals surface area contributed by atoms with Crippen molar-refractivity contribution in [2.75, 3.05) is 0 Å². The summed E-state index contributed by atoms with van der Waals surface area (Å²) in [5.41, 5.74) is 0.533. The van der Waals surface area contributed by atoms with Gasteiger partial charge in [0, 0.05) is 18.5 Å². The Morgan fingerprint density at radius 2 is 2.06 bits per heavy atom. The number of amides is 1. The van der Waals surface area contributed by atoms with E-state index in [1.807, 2.05) is 0 Å². The van der Waals surface area contributed by atoms with Crippen molar-refractivity contribution in [3.05, 3.63) is 34.6 Å². The predicted molar refractivity (Wildman–Crippen MR) is 71.9 cm³/mol. The van der Waals surface area contributed by atoms with Crippen LogP contribution in [0.4, 0.5) is 4.39 Å². The van der Waals surface area contributed by atoms with Crippen LogP contribution in [0.2, 0.25) is 5.02 Å². The van der Waals surface area contributed by atoms with E-state index in [9.17, 15) is 9.18 Å². The fourth-order valence-electron chi connectivity index (χ4n) is 1.46. The highest BCUT2D eigenvalue weighted by atomic mass is 35.5. The molecule has 0 heterocycles. The van der Waals surface area contributed by atoms with Crippen LogP contribution in [-0.2, 0) is 11.3 Å². The predicted octanol–water partition coefficient (Wildman–Crippen LogP) is 3.92. The molecule has 0 fully saturated rings. The molecule has 1 aromatic carbocycles. The van der Waals surface area contributed by atoms with E-state index in [0.717, 1.165) is 6.42 Å². The van der Waals surface area contributed by atoms with Crippen molar-refractivity contribution in [3.8, 4) is 0 Å². The summed E-state index contributed by atoms with van der Waals surface area (Å²) in [4.78, 5) is 11.6. The topological polar surface area (TPSA) is 29.1 Å². The minimum atomic E-state index is -0.463. The van der Waals surface area contributed by atoms with E-state index in [-0.39, 0.29) is 22.9 Å². The van der Waals surface area contributed by atoms with Gasteiger partial charge in [0.25, 0.3) is 0 Å². The SMILES string of the molecule is CC(C)(C)CCC(=O)NCc1cccc(Cl)c1F. The molecule has 1 N–H and O–H groups in total. The lowest BCUT2D eigenvalue weighted by atomic mass is 9.90. The van der Waals surface area contributed by atoms with Gasteiger partial charge in [-0.15, -0.1) is 0 Å². The van der Waals surface area contributed by atoms with Gasteiger partial charge in [0.15, 0.2) is 0 Å². The molecule has 0 aliphatic carbocycles. The second kappa shape index (κ2) is 6.19. The van der Waals surface area contributed by atoms with Crippen LogP contribution in [0.1, 0.15) is 39.2 Å². The van der Waals surface area contributed by atoms with Crippen molar-refractivity contribution in [1.82, 2.24) is 5.32 Å². The highest BCUT2D eigenvalue weighted by Crippen LogP contribution is 2.20. The monoisotopic (exact) mass is 271 g/mol. The minimum Gasteiger partial charge on any atom is -0.352 e. The highest BCUT2D eigenvalue weighted by Gasteiger charge is 2.13. The first kappa shape index (κ1) is 15.0. The number of carbonyl (C=O) groups excluding carboxylic acids is 1. The zero-order valence-electron chi connectivity index (χ0n) is 11.0. The van der Waals surface area contributed by atoms with Crippen LogP contribution in [-0.4, -0.2) is 5.91 Å². The van der Waals surface area contributed by atoms with Gasteiger partial charge in [-0.25, -0.2) is 4.39 Å². The first-order valence-corrected chi connectivity index (χ1v) is 6.37. The fraction of sp³-hybridized carbons (Fsp3) is 0.500. The third-order valence-corrected chi connectivity index (χ3v) is 2.90. The maximum absolute atomic E-state index is 13.5. The van der Waals surface area contributed by atoms with Gasteiger partial charge in [0.1, 0.15) is 5.82 Å². The number of rotatable bonds is 4. The number of halogens is 2. The van der Waals surface area contributed by atoms with Gasteiger partial charge < -0.3 is 5.32 Å². The second-order valence-electron chi connectivity index (χ2n) is 5.55. The molecule has 0 spiro atoms. The summed E-state index contributed by atoms with van der Waals surface area (Å²) in [6, 6.07) is 4.77. The molecular formula is C14H19ClFNO. The summed E-state index contributed by atoms with van der Waals surface area (Å²) >= 11 is 5.66. The summed E-state index contributed by atoms with van der Waals surface area (Å²) in [6.07, 6.45) is 1.25. The lowest BCUT2D eigenvalue weighted by Gasteiger charge is -2.17. The van der Waals surface area contributed by atoms with E-state index in [1.54, 1.807) is 12.1 Å². The molecule has 0 aliphatic rings. The molecule has 1 amide bonds. The van der Waals surface area contributed by atoms with E-state index in [0.29, 0.717) is 12.0 Å². The molecule has 0 aliphatic heterocycles. The molecule has 100 valence electrons. The molecule has 0 bridgehead atoms. The Bertz CT molecular complexity index is 426. The molecule has 1 aromatic rings. The molecular weight excluding hydrogens is 253 g/mol. The van der Waals surface area contributed by atoms with Gasteiger partial charge in [-0.2, -0.15) is 0 Å². The molecule has 2 nitrogen and oxygen atoms in total. The van der Waals surface area contributed by atoms with Crippen molar-refractivity contribution >= 4 is 17.5 Å². The maximum Gasteiger partial charge on any atom is 0.220 e. The average Bonchev–Trinajstić information content (AvgIpc) is 2.27. The molecule has 0 saturated heterocycles. The van der Waals surface area contributed by atoms with Crippen LogP contribution in [0.5, 0.6) is 0 Å². The Labute approximate surface area is 113 Å². The van der Waals surface area contributed by atoms with Crippen molar-refractivity contribution in [3.63, 3.8) is 0 Å². The van der Waals surface area contributed by atoms with E-state index in [4.69, 9.17) is 11.6 Å². The lowest BCUT2D eigenvalue weighted by Crippen LogP contribution is -2.24. The normalized spacial score (nSPS) is 11.4.